The fraction of sp³-hybridized carbons (Fsp3) is 0.600. The van der Waals surface area contributed by atoms with Gasteiger partial charge >= 0.3 is 0 Å². The molecule has 5 heteroatoms. The number of hydrogen-bond acceptors (Lipinski definition) is 3. The van der Waals surface area contributed by atoms with Crippen molar-refractivity contribution in [2.75, 3.05) is 0 Å². The molecule has 0 bridgehead atoms. The monoisotopic (exact) mass is 227 g/mol. The Morgan fingerprint density at radius 3 is 2.73 bits per heavy atom. The van der Waals surface area contributed by atoms with E-state index in [1.54, 1.807) is 18.6 Å². The van der Waals surface area contributed by atoms with Gasteiger partial charge in [0.2, 0.25) is 0 Å². The SMILES string of the molecule is CC(C)CC[C@H](N[SH]=O)c1cnccn1. The Morgan fingerprint density at radius 2 is 2.20 bits per heavy atom. The molecule has 0 saturated carbocycles. The molecule has 1 aromatic rings. The van der Waals surface area contributed by atoms with Crippen molar-refractivity contribution in [3.63, 3.8) is 0 Å². The smallest absolute Gasteiger partial charge is 0.0787 e. The lowest BCUT2D eigenvalue weighted by Gasteiger charge is -2.15. The van der Waals surface area contributed by atoms with E-state index in [0.29, 0.717) is 5.92 Å². The Balaban J connectivity index is 2.61. The zero-order valence-electron chi connectivity index (χ0n) is 9.05. The van der Waals surface area contributed by atoms with E-state index in [-0.39, 0.29) is 17.9 Å². The second-order valence-electron chi connectivity index (χ2n) is 3.87. The van der Waals surface area contributed by atoms with Gasteiger partial charge in [0.05, 0.1) is 23.6 Å². The standard InChI is InChI=1S/C10H17N3OS/c1-8(2)3-4-9(13-15-14)10-7-11-5-6-12-10/h5-9,15H,3-4H2,1-2H3,(H,13,14)/t9-/m0/s1. The Morgan fingerprint density at radius 1 is 1.40 bits per heavy atom. The van der Waals surface area contributed by atoms with Gasteiger partial charge in [-0.05, 0) is 18.8 Å². The topological polar surface area (TPSA) is 54.9 Å². The van der Waals surface area contributed by atoms with Crippen molar-refractivity contribution in [3.05, 3.63) is 24.3 Å². The highest BCUT2D eigenvalue weighted by atomic mass is 32.2. The minimum atomic E-state index is -0.0561. The second kappa shape index (κ2) is 6.63. The average Bonchev–Trinajstić information content (AvgIpc) is 2.25. The van der Waals surface area contributed by atoms with Crippen molar-refractivity contribution in [2.45, 2.75) is 32.7 Å². The zero-order chi connectivity index (χ0) is 11.1. The van der Waals surface area contributed by atoms with Gasteiger partial charge in [-0.15, -0.1) is 0 Å². The summed E-state index contributed by atoms with van der Waals surface area (Å²) < 4.78 is 13.4. The Bertz CT molecular complexity index is 292. The fourth-order valence-corrected chi connectivity index (χ4v) is 1.72. The molecule has 1 aromatic heterocycles. The summed E-state index contributed by atoms with van der Waals surface area (Å²) >= 11 is -0.0561. The molecule has 1 atom stereocenters. The van der Waals surface area contributed by atoms with E-state index in [1.165, 1.54) is 0 Å². The molecule has 0 amide bonds. The first-order chi connectivity index (χ1) is 7.24. The molecule has 0 aliphatic rings. The van der Waals surface area contributed by atoms with Crippen molar-refractivity contribution >= 4 is 11.9 Å². The summed E-state index contributed by atoms with van der Waals surface area (Å²) in [5, 5.41) is 0. The molecule has 0 aromatic carbocycles. The van der Waals surface area contributed by atoms with Crippen molar-refractivity contribution < 1.29 is 4.21 Å². The highest BCUT2D eigenvalue weighted by molar-refractivity contribution is 7.63. The number of nitrogens with zero attached hydrogens (tertiary/aromatic N) is 2. The van der Waals surface area contributed by atoms with Crippen LogP contribution in [0.15, 0.2) is 18.6 Å². The maximum Gasteiger partial charge on any atom is 0.0787 e. The van der Waals surface area contributed by atoms with E-state index in [1.807, 2.05) is 0 Å². The van der Waals surface area contributed by atoms with Crippen molar-refractivity contribution in [1.82, 2.24) is 14.7 Å². The van der Waals surface area contributed by atoms with E-state index < -0.39 is 0 Å². The molecule has 0 saturated heterocycles. The highest BCUT2D eigenvalue weighted by Gasteiger charge is 2.12. The Labute approximate surface area is 94.2 Å². The van der Waals surface area contributed by atoms with Gasteiger partial charge in [0.25, 0.3) is 0 Å². The average molecular weight is 227 g/mol. The van der Waals surface area contributed by atoms with Crippen LogP contribution in [-0.2, 0) is 11.9 Å². The molecule has 0 aliphatic heterocycles. The quantitative estimate of drug-likeness (QED) is 0.722. The molecule has 15 heavy (non-hydrogen) atoms. The molecule has 0 spiro atoms. The predicted molar refractivity (Wildman–Crippen MR) is 61.5 cm³/mol. The first kappa shape index (κ1) is 12.3. The van der Waals surface area contributed by atoms with E-state index in [2.05, 4.69) is 28.5 Å². The molecule has 0 unspecified atom stereocenters. The van der Waals surface area contributed by atoms with E-state index in [0.717, 1.165) is 18.5 Å². The van der Waals surface area contributed by atoms with Crippen LogP contribution in [0, 0.1) is 5.92 Å². The van der Waals surface area contributed by atoms with Crippen LogP contribution < -0.4 is 4.72 Å². The molecule has 0 fully saturated rings. The van der Waals surface area contributed by atoms with Gasteiger partial charge < -0.3 is 0 Å². The largest absolute Gasteiger partial charge is 0.261 e. The third kappa shape index (κ3) is 4.48. The molecule has 1 heterocycles. The maximum absolute atomic E-state index is 10.6. The Kier molecular flexibility index (Phi) is 5.42. The lowest BCUT2D eigenvalue weighted by molar-refractivity contribution is 0.482. The summed E-state index contributed by atoms with van der Waals surface area (Å²) in [6.07, 6.45) is 7.00. The van der Waals surface area contributed by atoms with Crippen LogP contribution in [0.3, 0.4) is 0 Å². The minimum absolute atomic E-state index is 0.0280. The van der Waals surface area contributed by atoms with Crippen LogP contribution in [0.1, 0.15) is 38.4 Å². The third-order valence-corrected chi connectivity index (χ3v) is 2.60. The van der Waals surface area contributed by atoms with Gasteiger partial charge in [-0.2, -0.15) is 0 Å². The van der Waals surface area contributed by atoms with E-state index in [9.17, 15) is 4.21 Å². The lowest BCUT2D eigenvalue weighted by Crippen LogP contribution is -2.18. The zero-order valence-corrected chi connectivity index (χ0v) is 9.95. The first-order valence-corrected chi connectivity index (χ1v) is 5.89. The van der Waals surface area contributed by atoms with Gasteiger partial charge in [-0.3, -0.25) is 9.97 Å². The minimum Gasteiger partial charge on any atom is -0.261 e. The highest BCUT2D eigenvalue weighted by Crippen LogP contribution is 2.18. The molecule has 1 rings (SSSR count). The third-order valence-electron chi connectivity index (χ3n) is 2.18. The van der Waals surface area contributed by atoms with Crippen LogP contribution >= 0.6 is 0 Å². The molecule has 4 nitrogen and oxygen atoms in total. The maximum atomic E-state index is 10.6. The first-order valence-electron chi connectivity index (χ1n) is 5.07. The van der Waals surface area contributed by atoms with Gasteiger partial charge in [0.15, 0.2) is 0 Å². The van der Waals surface area contributed by atoms with E-state index in [4.69, 9.17) is 0 Å². The summed E-state index contributed by atoms with van der Waals surface area (Å²) in [7, 11) is 0. The van der Waals surface area contributed by atoms with Crippen LogP contribution in [0.4, 0.5) is 0 Å². The van der Waals surface area contributed by atoms with Gasteiger partial charge in [-0.25, -0.2) is 8.93 Å². The molecular formula is C10H17N3OS. The summed E-state index contributed by atoms with van der Waals surface area (Å²) in [4.78, 5) is 8.21. The molecule has 0 radical (unpaired) electrons. The number of nitrogens with one attached hydrogen (secondary N) is 1. The second-order valence-corrected chi connectivity index (χ2v) is 4.32. The number of aromatic nitrogens is 2. The van der Waals surface area contributed by atoms with E-state index >= 15 is 0 Å². The van der Waals surface area contributed by atoms with Crippen LogP contribution in [-0.4, -0.2) is 14.2 Å². The van der Waals surface area contributed by atoms with Crippen molar-refractivity contribution in [3.8, 4) is 0 Å². The predicted octanol–water partition coefficient (Wildman–Crippen LogP) is 1.40. The summed E-state index contributed by atoms with van der Waals surface area (Å²) in [6.45, 7) is 4.34. The summed E-state index contributed by atoms with van der Waals surface area (Å²) in [6, 6.07) is 0.0280. The lowest BCUT2D eigenvalue weighted by atomic mass is 10.0. The van der Waals surface area contributed by atoms with Crippen LogP contribution in [0.5, 0.6) is 0 Å². The fourth-order valence-electron chi connectivity index (χ4n) is 1.33. The number of thiol groups is 1. The van der Waals surface area contributed by atoms with Gasteiger partial charge in [-0.1, -0.05) is 13.8 Å². The number of hydrogen-bond donors (Lipinski definition) is 2. The van der Waals surface area contributed by atoms with Gasteiger partial charge in [0.1, 0.15) is 0 Å². The molecule has 1 N–H and O–H groups in total. The van der Waals surface area contributed by atoms with Crippen molar-refractivity contribution in [1.29, 1.82) is 0 Å². The number of rotatable bonds is 6. The van der Waals surface area contributed by atoms with Crippen LogP contribution in [0.2, 0.25) is 0 Å². The molecule has 84 valence electrons. The van der Waals surface area contributed by atoms with Crippen LogP contribution in [0.25, 0.3) is 0 Å². The summed E-state index contributed by atoms with van der Waals surface area (Å²) in [5.41, 5.74) is 0.849. The normalized spacial score (nSPS) is 13.0. The Hall–Kier alpha value is -0.810. The van der Waals surface area contributed by atoms with Gasteiger partial charge in [0, 0.05) is 18.6 Å². The van der Waals surface area contributed by atoms with Crippen molar-refractivity contribution in [2.24, 2.45) is 5.92 Å². The molecular weight excluding hydrogens is 210 g/mol. The molecule has 0 aliphatic carbocycles. The summed E-state index contributed by atoms with van der Waals surface area (Å²) in [5.74, 6) is 0.634.